The molecule has 2 heterocycles. The van der Waals surface area contributed by atoms with Crippen LogP contribution in [0.25, 0.3) is 0 Å². The van der Waals surface area contributed by atoms with Gasteiger partial charge in [-0.3, -0.25) is 0 Å². The Balaban J connectivity index is 1.96. The Hall–Kier alpha value is -0.170. The van der Waals surface area contributed by atoms with Gasteiger partial charge in [0, 0.05) is 32.3 Å². The molecule has 0 aliphatic carbocycles. The van der Waals surface area contributed by atoms with Crippen LogP contribution in [0.3, 0.4) is 0 Å². The molecule has 0 aromatic rings. The van der Waals surface area contributed by atoms with Crippen LogP contribution in [-0.2, 0) is 14.6 Å². The first kappa shape index (κ1) is 16.2. The van der Waals surface area contributed by atoms with Gasteiger partial charge in [0.05, 0.1) is 11.5 Å². The molecule has 0 spiro atoms. The van der Waals surface area contributed by atoms with Gasteiger partial charge in [-0.2, -0.15) is 0 Å². The largest absolute Gasteiger partial charge is 0.381 e. The predicted octanol–water partition coefficient (Wildman–Crippen LogP) is 0.512. The summed E-state index contributed by atoms with van der Waals surface area (Å²) in [6.07, 6.45) is 2.90. The molecular weight excluding hydrogens is 276 g/mol. The first-order valence-corrected chi connectivity index (χ1v) is 9.48. The van der Waals surface area contributed by atoms with Gasteiger partial charge >= 0.3 is 0 Å². The number of sulfone groups is 1. The molecule has 0 aromatic carbocycles. The number of rotatable bonds is 6. The van der Waals surface area contributed by atoms with Gasteiger partial charge in [-0.05, 0) is 38.3 Å². The molecule has 2 aliphatic rings. The van der Waals surface area contributed by atoms with E-state index in [1.807, 2.05) is 0 Å². The zero-order chi connectivity index (χ0) is 14.6. The second kappa shape index (κ2) is 6.73. The summed E-state index contributed by atoms with van der Waals surface area (Å²) in [6, 6.07) is 0.196. The second-order valence-corrected chi connectivity index (χ2v) is 8.59. The van der Waals surface area contributed by atoms with E-state index in [1.54, 1.807) is 0 Å². The molecule has 0 radical (unpaired) electrons. The number of nitrogens with zero attached hydrogens (tertiary/aromatic N) is 1. The smallest absolute Gasteiger partial charge is 0.151 e. The first-order chi connectivity index (χ1) is 9.46. The molecule has 6 heteroatoms. The van der Waals surface area contributed by atoms with E-state index in [9.17, 15) is 8.42 Å². The van der Waals surface area contributed by atoms with Crippen molar-refractivity contribution in [3.05, 3.63) is 0 Å². The van der Waals surface area contributed by atoms with Crippen molar-refractivity contribution in [1.29, 1.82) is 0 Å². The number of ether oxygens (including phenoxy) is 1. The summed E-state index contributed by atoms with van der Waals surface area (Å²) in [5, 5.41) is 3.47. The average molecular weight is 304 g/mol. The lowest BCUT2D eigenvalue weighted by molar-refractivity contribution is -0.00496. The molecule has 2 rings (SSSR count). The summed E-state index contributed by atoms with van der Waals surface area (Å²) in [6.45, 7) is 6.70. The minimum atomic E-state index is -2.80. The van der Waals surface area contributed by atoms with E-state index in [0.717, 1.165) is 52.1 Å². The summed E-state index contributed by atoms with van der Waals surface area (Å²) in [7, 11) is -0.722. The van der Waals surface area contributed by atoms with Gasteiger partial charge in [-0.1, -0.05) is 6.92 Å². The fraction of sp³-hybridized carbons (Fsp3) is 1.00. The lowest BCUT2D eigenvalue weighted by Gasteiger charge is -2.41. The van der Waals surface area contributed by atoms with Gasteiger partial charge in [0.1, 0.15) is 0 Å². The van der Waals surface area contributed by atoms with Crippen LogP contribution in [0.1, 0.15) is 26.2 Å². The van der Waals surface area contributed by atoms with Gasteiger partial charge in [0.25, 0.3) is 0 Å². The zero-order valence-corrected chi connectivity index (χ0v) is 13.5. The van der Waals surface area contributed by atoms with Gasteiger partial charge in [-0.25, -0.2) is 8.42 Å². The summed E-state index contributed by atoms with van der Waals surface area (Å²) < 4.78 is 28.8. The van der Waals surface area contributed by atoms with Crippen molar-refractivity contribution in [1.82, 2.24) is 10.2 Å². The highest BCUT2D eigenvalue weighted by Gasteiger charge is 2.37. The number of nitrogens with one attached hydrogen (secondary N) is 1. The standard InChI is InChI=1S/C14H28N2O3S/c1-3-15-11-14(5-7-19-8-6-14)12-16(2)13-4-9-20(17,18)10-13/h13,15H,3-12H2,1-2H3. The predicted molar refractivity (Wildman–Crippen MR) is 80.7 cm³/mol. The average Bonchev–Trinajstić information content (AvgIpc) is 2.78. The lowest BCUT2D eigenvalue weighted by Crippen LogP contribution is -2.49. The second-order valence-electron chi connectivity index (χ2n) is 6.36. The molecule has 2 aliphatic heterocycles. The van der Waals surface area contributed by atoms with Gasteiger partial charge in [-0.15, -0.1) is 0 Å². The van der Waals surface area contributed by atoms with Crippen molar-refractivity contribution in [2.75, 3.05) is 51.4 Å². The SMILES string of the molecule is CCNCC1(CN(C)C2CCS(=O)(=O)C2)CCOCC1. The van der Waals surface area contributed by atoms with E-state index in [2.05, 4.69) is 24.2 Å². The van der Waals surface area contributed by atoms with E-state index >= 15 is 0 Å². The highest BCUT2D eigenvalue weighted by Crippen LogP contribution is 2.32. The molecule has 118 valence electrons. The van der Waals surface area contributed by atoms with Crippen molar-refractivity contribution in [3.8, 4) is 0 Å². The number of hydrogen-bond acceptors (Lipinski definition) is 5. The molecule has 1 atom stereocenters. The molecule has 1 unspecified atom stereocenters. The van der Waals surface area contributed by atoms with E-state index in [-0.39, 0.29) is 11.5 Å². The lowest BCUT2D eigenvalue weighted by atomic mass is 9.79. The molecule has 0 aromatic heterocycles. The molecule has 2 fully saturated rings. The van der Waals surface area contributed by atoms with Crippen LogP contribution < -0.4 is 5.32 Å². The summed E-state index contributed by atoms with van der Waals surface area (Å²) in [5.74, 6) is 0.683. The molecule has 0 amide bonds. The molecule has 1 N–H and O–H groups in total. The Morgan fingerprint density at radius 2 is 2.05 bits per heavy atom. The first-order valence-electron chi connectivity index (χ1n) is 7.65. The van der Waals surface area contributed by atoms with Crippen molar-refractivity contribution < 1.29 is 13.2 Å². The molecule has 5 nitrogen and oxygen atoms in total. The van der Waals surface area contributed by atoms with Crippen LogP contribution >= 0.6 is 0 Å². The Kier molecular flexibility index (Phi) is 5.45. The Labute approximate surface area is 123 Å². The Morgan fingerprint density at radius 3 is 2.60 bits per heavy atom. The topological polar surface area (TPSA) is 58.6 Å². The monoisotopic (exact) mass is 304 g/mol. The van der Waals surface area contributed by atoms with Gasteiger partial charge in [0.15, 0.2) is 9.84 Å². The summed E-state index contributed by atoms with van der Waals surface area (Å²) in [4.78, 5) is 2.27. The third-order valence-electron chi connectivity index (χ3n) is 4.72. The third kappa shape index (κ3) is 4.16. The van der Waals surface area contributed by atoms with Gasteiger partial charge in [0.2, 0.25) is 0 Å². The van der Waals surface area contributed by atoms with Crippen molar-refractivity contribution in [2.24, 2.45) is 5.41 Å². The fourth-order valence-corrected chi connectivity index (χ4v) is 5.17. The van der Waals surface area contributed by atoms with E-state index in [0.29, 0.717) is 11.5 Å². The Morgan fingerprint density at radius 1 is 1.35 bits per heavy atom. The van der Waals surface area contributed by atoms with E-state index < -0.39 is 9.84 Å². The van der Waals surface area contributed by atoms with E-state index in [4.69, 9.17) is 4.74 Å². The van der Waals surface area contributed by atoms with Crippen LogP contribution in [0.2, 0.25) is 0 Å². The maximum Gasteiger partial charge on any atom is 0.151 e. The fourth-order valence-electron chi connectivity index (χ4n) is 3.37. The van der Waals surface area contributed by atoms with Crippen LogP contribution in [0.15, 0.2) is 0 Å². The minimum Gasteiger partial charge on any atom is -0.381 e. The summed E-state index contributed by atoms with van der Waals surface area (Å²) in [5.41, 5.74) is 0.232. The molecule has 0 saturated carbocycles. The summed E-state index contributed by atoms with van der Waals surface area (Å²) >= 11 is 0. The van der Waals surface area contributed by atoms with Crippen LogP contribution in [0.4, 0.5) is 0 Å². The highest BCUT2D eigenvalue weighted by atomic mass is 32.2. The quantitative estimate of drug-likeness (QED) is 0.775. The molecule has 0 bridgehead atoms. The van der Waals surface area contributed by atoms with Crippen molar-refractivity contribution in [2.45, 2.75) is 32.2 Å². The van der Waals surface area contributed by atoms with E-state index in [1.165, 1.54) is 0 Å². The van der Waals surface area contributed by atoms with Gasteiger partial charge < -0.3 is 15.0 Å². The maximum atomic E-state index is 11.6. The normalized spacial score (nSPS) is 28.9. The minimum absolute atomic E-state index is 0.196. The van der Waals surface area contributed by atoms with Crippen molar-refractivity contribution in [3.63, 3.8) is 0 Å². The highest BCUT2D eigenvalue weighted by molar-refractivity contribution is 7.91. The third-order valence-corrected chi connectivity index (χ3v) is 6.47. The maximum absolute atomic E-state index is 11.6. The van der Waals surface area contributed by atoms with Crippen LogP contribution in [-0.4, -0.2) is 70.8 Å². The van der Waals surface area contributed by atoms with Crippen molar-refractivity contribution >= 4 is 9.84 Å². The van der Waals surface area contributed by atoms with Crippen LogP contribution in [0, 0.1) is 5.41 Å². The molecule has 2 saturated heterocycles. The Bertz CT molecular complexity index is 405. The molecular formula is C14H28N2O3S. The van der Waals surface area contributed by atoms with Crippen LogP contribution in [0.5, 0.6) is 0 Å². The number of hydrogen-bond donors (Lipinski definition) is 1. The zero-order valence-electron chi connectivity index (χ0n) is 12.7. The molecule has 20 heavy (non-hydrogen) atoms.